The van der Waals surface area contributed by atoms with E-state index in [9.17, 15) is 23.2 Å². The Hall–Kier alpha value is -5.16. The number of carbonyl (C=O) groups excluding carboxylic acids is 1. The second-order valence-electron chi connectivity index (χ2n) is 11.6. The van der Waals surface area contributed by atoms with Gasteiger partial charge in [0, 0.05) is 69.4 Å². The minimum Gasteiger partial charge on any atom is -0.497 e. The Morgan fingerprint density at radius 2 is 1.74 bits per heavy atom. The molecule has 1 fully saturated rings. The lowest BCUT2D eigenvalue weighted by molar-refractivity contribution is -0.283. The fourth-order valence-electron chi connectivity index (χ4n) is 5.33. The first-order valence-electron chi connectivity index (χ1n) is 15.6. The summed E-state index contributed by atoms with van der Waals surface area (Å²) in [6.07, 6.45) is -3.14. The summed E-state index contributed by atoms with van der Waals surface area (Å²) in [7, 11) is 6.57. The number of aromatic nitrogens is 2. The van der Waals surface area contributed by atoms with Gasteiger partial charge in [0.1, 0.15) is 17.2 Å². The number of halogens is 3. The van der Waals surface area contributed by atoms with E-state index in [2.05, 4.69) is 25.5 Å². The number of hydrazine groups is 1. The van der Waals surface area contributed by atoms with Crippen LogP contribution in [0.25, 0.3) is 0 Å². The van der Waals surface area contributed by atoms with Gasteiger partial charge in [0.2, 0.25) is 5.95 Å². The summed E-state index contributed by atoms with van der Waals surface area (Å²) in [6.45, 7) is 4.72. The van der Waals surface area contributed by atoms with Crippen LogP contribution in [0.3, 0.4) is 0 Å². The monoisotopic (exact) mass is 696 g/mol. The van der Waals surface area contributed by atoms with Crippen molar-refractivity contribution in [2.24, 2.45) is 0 Å². The molecule has 2 heterocycles. The lowest BCUT2D eigenvalue weighted by Gasteiger charge is -2.33. The molecule has 0 saturated carbocycles. The third kappa shape index (κ3) is 8.52. The first kappa shape index (κ1) is 36.1. The highest BCUT2D eigenvalue weighted by Crippen LogP contribution is 2.38. The topological polar surface area (TPSA) is 128 Å². The summed E-state index contributed by atoms with van der Waals surface area (Å²) in [4.78, 5) is 31.9. The molecule has 4 aromatic rings. The molecule has 1 aliphatic rings. The van der Waals surface area contributed by atoms with Gasteiger partial charge < -0.3 is 29.8 Å². The molecule has 266 valence electrons. The van der Waals surface area contributed by atoms with Gasteiger partial charge in [-0.25, -0.2) is 4.98 Å². The van der Waals surface area contributed by atoms with Crippen LogP contribution in [0.1, 0.15) is 27.0 Å². The van der Waals surface area contributed by atoms with Crippen LogP contribution < -0.4 is 30.0 Å². The molecule has 1 amide bonds. The average molecular weight is 697 g/mol. The largest absolute Gasteiger partial charge is 0.497 e. The number of amides is 1. The molecular weight excluding hydrogens is 657 g/mol. The zero-order chi connectivity index (χ0) is 36.0. The highest BCUT2D eigenvalue weighted by Gasteiger charge is 2.34. The summed E-state index contributed by atoms with van der Waals surface area (Å²) < 4.78 is 53.3. The number of likely N-dealkylation sites (N-methyl/N-ethyl adjacent to an activating group) is 1. The number of nitrogens with zero attached hydrogens (tertiary/aromatic N) is 6. The quantitative estimate of drug-likeness (QED) is 0.160. The lowest BCUT2D eigenvalue weighted by atomic mass is 10.0. The van der Waals surface area contributed by atoms with Crippen molar-refractivity contribution < 1.29 is 37.5 Å². The number of ether oxygens (including phenoxy) is 2. The number of methoxy groups -OCH3 is 2. The van der Waals surface area contributed by atoms with Gasteiger partial charge in [0.25, 0.3) is 5.91 Å². The van der Waals surface area contributed by atoms with Crippen molar-refractivity contribution in [3.8, 4) is 17.2 Å². The molecule has 3 aromatic carbocycles. The molecule has 16 heteroatoms. The van der Waals surface area contributed by atoms with Crippen molar-refractivity contribution in [3.63, 3.8) is 0 Å². The normalized spacial score (nSPS) is 14.0. The predicted molar refractivity (Wildman–Crippen MR) is 181 cm³/mol. The van der Waals surface area contributed by atoms with E-state index in [-0.39, 0.29) is 40.9 Å². The number of benzene rings is 3. The van der Waals surface area contributed by atoms with E-state index >= 15 is 0 Å². The van der Waals surface area contributed by atoms with E-state index in [1.807, 2.05) is 11.9 Å². The van der Waals surface area contributed by atoms with E-state index in [0.717, 1.165) is 19.2 Å². The Bertz CT molecular complexity index is 1800. The molecular formula is C34H39F3N8O5. The van der Waals surface area contributed by atoms with Gasteiger partial charge in [0.05, 0.1) is 25.1 Å². The third-order valence-corrected chi connectivity index (χ3v) is 8.16. The summed E-state index contributed by atoms with van der Waals surface area (Å²) >= 11 is 0. The van der Waals surface area contributed by atoms with Crippen LogP contribution in [0.5, 0.6) is 17.2 Å². The number of carbonyl (C=O) groups is 1. The second-order valence-corrected chi connectivity index (χ2v) is 11.6. The Morgan fingerprint density at radius 1 is 0.980 bits per heavy atom. The number of aryl methyl sites for hydroxylation is 1. The number of hydrogen-bond acceptors (Lipinski definition) is 12. The third-order valence-electron chi connectivity index (χ3n) is 8.16. The molecule has 0 aliphatic carbocycles. The highest BCUT2D eigenvalue weighted by molar-refractivity contribution is 6.04. The Balaban J connectivity index is 1.39. The van der Waals surface area contributed by atoms with Crippen LogP contribution in [0.4, 0.5) is 36.3 Å². The number of anilines is 4. The van der Waals surface area contributed by atoms with E-state index in [0.29, 0.717) is 41.2 Å². The minimum absolute atomic E-state index is 0.0156. The smallest absolute Gasteiger partial charge is 0.416 e. The first-order valence-corrected chi connectivity index (χ1v) is 15.6. The van der Waals surface area contributed by atoms with Crippen LogP contribution in [0, 0.1) is 6.92 Å². The van der Waals surface area contributed by atoms with Crippen molar-refractivity contribution in [2.75, 3.05) is 70.1 Å². The van der Waals surface area contributed by atoms with E-state index in [1.165, 1.54) is 55.8 Å². The molecule has 0 bridgehead atoms. The highest BCUT2D eigenvalue weighted by atomic mass is 19.4. The molecule has 1 aliphatic heterocycles. The maximum atomic E-state index is 14.1. The summed E-state index contributed by atoms with van der Waals surface area (Å²) in [5, 5.41) is 18.4. The summed E-state index contributed by atoms with van der Waals surface area (Å²) in [5.74, 6) is 0.620. The molecule has 50 heavy (non-hydrogen) atoms. The van der Waals surface area contributed by atoms with Gasteiger partial charge in [-0.2, -0.15) is 23.2 Å². The number of piperazine rings is 1. The second kappa shape index (κ2) is 15.6. The maximum Gasteiger partial charge on any atom is 0.416 e. The number of hydrogen-bond donors (Lipinski definition) is 3. The van der Waals surface area contributed by atoms with Crippen molar-refractivity contribution in [1.29, 1.82) is 0 Å². The molecule has 1 aromatic heterocycles. The standard InChI is InChI=1S/C34H39F3N8O5/c1-22-6-7-23(32(46)40-25-9-8-24(27(19-25)34(35,36)37)21-43-16-14-42(3)15-17-43)18-29(22)50-45(47)44(31-12-13-39-33(38-2)41-31)28-11-10-26(48-4)20-30(28)49-5/h6-13,18-20,47H,14-17,21H2,1-5H3,(H,40,46)(H,38,39,41). The van der Waals surface area contributed by atoms with Crippen LogP contribution >= 0.6 is 0 Å². The number of alkyl halides is 3. The van der Waals surface area contributed by atoms with E-state index in [1.54, 1.807) is 38.2 Å². The van der Waals surface area contributed by atoms with Crippen molar-refractivity contribution in [3.05, 3.63) is 89.1 Å². The predicted octanol–water partition coefficient (Wildman–Crippen LogP) is 5.60. The Morgan fingerprint density at radius 3 is 2.42 bits per heavy atom. The van der Waals surface area contributed by atoms with Gasteiger partial charge >= 0.3 is 6.18 Å². The number of nitrogens with one attached hydrogen (secondary N) is 2. The van der Waals surface area contributed by atoms with Gasteiger partial charge in [-0.15, -0.1) is 0 Å². The summed E-state index contributed by atoms with van der Waals surface area (Å²) in [5.41, 5.74) is 0.226. The van der Waals surface area contributed by atoms with Crippen molar-refractivity contribution in [2.45, 2.75) is 19.6 Å². The molecule has 0 radical (unpaired) electrons. The summed E-state index contributed by atoms with van der Waals surface area (Å²) in [6, 6.07) is 14.7. The molecule has 5 rings (SSSR count). The lowest BCUT2D eigenvalue weighted by Crippen LogP contribution is -2.44. The fourth-order valence-corrected chi connectivity index (χ4v) is 5.33. The van der Waals surface area contributed by atoms with Crippen molar-refractivity contribution in [1.82, 2.24) is 25.1 Å². The Labute approximate surface area is 287 Å². The molecule has 0 atom stereocenters. The molecule has 3 N–H and O–H groups in total. The van der Waals surface area contributed by atoms with Gasteiger partial charge in [-0.05, 0) is 61.5 Å². The van der Waals surface area contributed by atoms with Crippen LogP contribution in [0.15, 0.2) is 66.9 Å². The first-order chi connectivity index (χ1) is 23.9. The van der Waals surface area contributed by atoms with Crippen LogP contribution in [0.2, 0.25) is 0 Å². The maximum absolute atomic E-state index is 14.1. The van der Waals surface area contributed by atoms with Crippen molar-refractivity contribution >= 4 is 29.0 Å². The van der Waals surface area contributed by atoms with Crippen LogP contribution in [-0.4, -0.2) is 90.7 Å². The van der Waals surface area contributed by atoms with E-state index < -0.39 is 17.6 Å². The zero-order valence-corrected chi connectivity index (χ0v) is 28.3. The average Bonchev–Trinajstić information content (AvgIpc) is 3.10. The molecule has 0 unspecified atom stereocenters. The Kier molecular flexibility index (Phi) is 11.3. The fraction of sp³-hybridized carbons (Fsp3) is 0.324. The van der Waals surface area contributed by atoms with Gasteiger partial charge in [-0.3, -0.25) is 14.9 Å². The molecule has 13 nitrogen and oxygen atoms in total. The van der Waals surface area contributed by atoms with Gasteiger partial charge in [-0.1, -0.05) is 12.1 Å². The molecule has 1 saturated heterocycles. The zero-order valence-electron chi connectivity index (χ0n) is 28.3. The minimum atomic E-state index is -4.62. The molecule has 0 spiro atoms. The van der Waals surface area contributed by atoms with E-state index in [4.69, 9.17) is 14.3 Å². The van der Waals surface area contributed by atoms with Gasteiger partial charge in [0.15, 0.2) is 11.6 Å². The SMILES string of the molecule is CNc1nccc(N(c2ccc(OC)cc2OC)N(O)Oc2cc(C(=O)Nc3ccc(CN4CCN(C)CC4)c(C(F)(F)F)c3)ccc2C)n1. The number of rotatable bonds is 12. The van der Waals surface area contributed by atoms with Crippen LogP contribution in [-0.2, 0) is 12.7 Å².